The molecular weight excluding hydrogens is 310 g/mol. The molecule has 2 rings (SSSR count). The molecule has 0 fully saturated rings. The molecule has 0 radical (unpaired) electrons. The van der Waals surface area contributed by atoms with Gasteiger partial charge in [-0.3, -0.25) is 0 Å². The summed E-state index contributed by atoms with van der Waals surface area (Å²) in [6.07, 6.45) is -1.07. The van der Waals surface area contributed by atoms with E-state index in [1.165, 1.54) is 4.90 Å². The van der Waals surface area contributed by atoms with Crippen molar-refractivity contribution in [1.29, 1.82) is 0 Å². The van der Waals surface area contributed by atoms with Crippen LogP contribution in [0.3, 0.4) is 0 Å². The molecule has 1 aromatic rings. The summed E-state index contributed by atoms with van der Waals surface area (Å²) in [5.74, 6) is 0. The van der Waals surface area contributed by atoms with E-state index >= 15 is 0 Å². The van der Waals surface area contributed by atoms with E-state index in [4.69, 9.17) is 4.74 Å². The molecule has 1 unspecified atom stereocenters. The van der Waals surface area contributed by atoms with Crippen molar-refractivity contribution in [2.24, 2.45) is 0 Å². The summed E-state index contributed by atoms with van der Waals surface area (Å²) < 4.78 is 6.24. The van der Waals surface area contributed by atoms with Crippen LogP contribution in [0, 0.1) is 0 Å². The topological polar surface area (TPSA) is 49.8 Å². The predicted molar refractivity (Wildman–Crippen MR) is 75.7 cm³/mol. The fourth-order valence-electron chi connectivity index (χ4n) is 2.08. The minimum atomic E-state index is -0.672. The van der Waals surface area contributed by atoms with E-state index in [0.29, 0.717) is 6.54 Å². The summed E-state index contributed by atoms with van der Waals surface area (Å²) in [4.78, 5) is 13.6. The van der Waals surface area contributed by atoms with E-state index in [0.717, 1.165) is 15.6 Å². The number of aliphatic hydroxyl groups is 1. The molecule has 19 heavy (non-hydrogen) atoms. The molecule has 1 aliphatic heterocycles. The first-order valence-electron chi connectivity index (χ1n) is 6.21. The molecule has 0 aromatic heterocycles. The van der Waals surface area contributed by atoms with Crippen molar-refractivity contribution in [2.75, 3.05) is 6.54 Å². The number of benzene rings is 1. The number of hydrogen-bond acceptors (Lipinski definition) is 3. The number of rotatable bonds is 0. The average molecular weight is 328 g/mol. The van der Waals surface area contributed by atoms with Crippen LogP contribution < -0.4 is 0 Å². The minimum Gasteiger partial charge on any atom is -0.444 e. The van der Waals surface area contributed by atoms with E-state index in [2.05, 4.69) is 15.9 Å². The third-order valence-corrected chi connectivity index (χ3v) is 3.65. The van der Waals surface area contributed by atoms with Gasteiger partial charge in [0.25, 0.3) is 0 Å². The monoisotopic (exact) mass is 327 g/mol. The zero-order valence-electron chi connectivity index (χ0n) is 11.3. The third kappa shape index (κ3) is 3.28. The molecule has 1 aliphatic rings. The second-order valence-corrected chi connectivity index (χ2v) is 6.54. The van der Waals surface area contributed by atoms with Gasteiger partial charge in [0, 0.05) is 4.47 Å². The number of carbonyl (C=O) groups is 1. The molecule has 1 N–H and O–H groups in total. The minimum absolute atomic E-state index is 0.262. The zero-order chi connectivity index (χ0) is 14.2. The maximum absolute atomic E-state index is 12.1. The first-order valence-corrected chi connectivity index (χ1v) is 7.00. The van der Waals surface area contributed by atoms with Gasteiger partial charge in [-0.1, -0.05) is 28.1 Å². The summed E-state index contributed by atoms with van der Waals surface area (Å²) in [5, 5.41) is 10.1. The van der Waals surface area contributed by atoms with Crippen molar-refractivity contribution in [3.63, 3.8) is 0 Å². The number of fused-ring (bicyclic) bond motifs is 1. The van der Waals surface area contributed by atoms with Gasteiger partial charge in [0.1, 0.15) is 5.60 Å². The van der Waals surface area contributed by atoms with Crippen LogP contribution in [0.15, 0.2) is 22.7 Å². The summed E-state index contributed by atoms with van der Waals surface area (Å²) in [7, 11) is 0. The highest BCUT2D eigenvalue weighted by molar-refractivity contribution is 9.10. The van der Waals surface area contributed by atoms with Crippen LogP contribution >= 0.6 is 15.9 Å². The lowest BCUT2D eigenvalue weighted by atomic mass is 9.98. The summed E-state index contributed by atoms with van der Waals surface area (Å²) in [5.41, 5.74) is 1.28. The van der Waals surface area contributed by atoms with Crippen molar-refractivity contribution >= 4 is 22.0 Å². The second-order valence-electron chi connectivity index (χ2n) is 5.68. The standard InChI is InChI=1S/C14H18BrNO3/c1-14(2,3)19-13(18)16-7-10-9(12(17)8-16)5-4-6-11(10)15/h4-6,12,17H,7-8H2,1-3H3. The van der Waals surface area contributed by atoms with Crippen LogP contribution in [-0.2, 0) is 11.3 Å². The SMILES string of the molecule is CC(C)(C)OC(=O)N1Cc2c(Br)cccc2C(O)C1. The molecule has 0 spiro atoms. The Labute approximate surface area is 121 Å². The molecular formula is C14H18BrNO3. The molecule has 1 atom stereocenters. The van der Waals surface area contributed by atoms with Crippen LogP contribution in [0.4, 0.5) is 4.79 Å². The zero-order valence-corrected chi connectivity index (χ0v) is 12.9. The van der Waals surface area contributed by atoms with Crippen LogP contribution in [0.5, 0.6) is 0 Å². The molecule has 5 heteroatoms. The van der Waals surface area contributed by atoms with Gasteiger partial charge in [0.15, 0.2) is 0 Å². The van der Waals surface area contributed by atoms with Crippen LogP contribution in [0.2, 0.25) is 0 Å². The average Bonchev–Trinajstić information content (AvgIpc) is 2.28. The Morgan fingerprint density at radius 2 is 2.16 bits per heavy atom. The van der Waals surface area contributed by atoms with Crippen molar-refractivity contribution in [2.45, 2.75) is 39.0 Å². The molecule has 0 aliphatic carbocycles. The van der Waals surface area contributed by atoms with Gasteiger partial charge < -0.3 is 14.7 Å². The van der Waals surface area contributed by atoms with Gasteiger partial charge in [-0.05, 0) is 38.0 Å². The number of halogens is 1. The highest BCUT2D eigenvalue weighted by Crippen LogP contribution is 2.32. The highest BCUT2D eigenvalue weighted by atomic mass is 79.9. The van der Waals surface area contributed by atoms with Crippen LogP contribution in [0.25, 0.3) is 0 Å². The molecule has 0 bridgehead atoms. The maximum Gasteiger partial charge on any atom is 0.410 e. The van der Waals surface area contributed by atoms with E-state index in [1.807, 2.05) is 39.0 Å². The third-order valence-electron chi connectivity index (χ3n) is 2.91. The fraction of sp³-hybridized carbons (Fsp3) is 0.500. The van der Waals surface area contributed by atoms with Crippen molar-refractivity contribution in [3.8, 4) is 0 Å². The Balaban J connectivity index is 2.21. The van der Waals surface area contributed by atoms with Crippen LogP contribution in [-0.4, -0.2) is 28.2 Å². The molecule has 104 valence electrons. The Hall–Kier alpha value is -1.07. The largest absolute Gasteiger partial charge is 0.444 e. The number of aliphatic hydroxyl groups excluding tert-OH is 1. The Bertz CT molecular complexity index is 496. The predicted octanol–water partition coefficient (Wildman–Crippen LogP) is 3.23. The van der Waals surface area contributed by atoms with Gasteiger partial charge >= 0.3 is 6.09 Å². The lowest BCUT2D eigenvalue weighted by Gasteiger charge is -2.34. The second kappa shape index (κ2) is 5.13. The summed E-state index contributed by atoms with van der Waals surface area (Å²) >= 11 is 3.46. The number of carbonyl (C=O) groups excluding carboxylic acids is 1. The number of β-amino-alcohol motifs (C(OH)–C–C–N with tert-alkyl or cyclic N) is 1. The van der Waals surface area contributed by atoms with E-state index in [9.17, 15) is 9.90 Å². The van der Waals surface area contributed by atoms with Gasteiger partial charge in [0.2, 0.25) is 0 Å². The molecule has 1 aromatic carbocycles. The molecule has 1 heterocycles. The molecule has 1 amide bonds. The maximum atomic E-state index is 12.1. The fourth-order valence-corrected chi connectivity index (χ4v) is 2.59. The number of nitrogens with zero attached hydrogens (tertiary/aromatic N) is 1. The lowest BCUT2D eigenvalue weighted by molar-refractivity contribution is 0.00819. The molecule has 4 nitrogen and oxygen atoms in total. The molecule has 0 saturated heterocycles. The van der Waals surface area contributed by atoms with Gasteiger partial charge in [-0.2, -0.15) is 0 Å². The first-order chi connectivity index (χ1) is 8.78. The van der Waals surface area contributed by atoms with Gasteiger partial charge in [-0.15, -0.1) is 0 Å². The normalized spacial score (nSPS) is 19.0. The Morgan fingerprint density at radius 1 is 1.47 bits per heavy atom. The Morgan fingerprint density at radius 3 is 2.79 bits per heavy atom. The number of ether oxygens (including phenoxy) is 1. The van der Waals surface area contributed by atoms with Gasteiger partial charge in [-0.25, -0.2) is 4.79 Å². The van der Waals surface area contributed by atoms with E-state index in [-0.39, 0.29) is 6.54 Å². The highest BCUT2D eigenvalue weighted by Gasteiger charge is 2.30. The van der Waals surface area contributed by atoms with E-state index in [1.54, 1.807) is 0 Å². The Kier molecular flexibility index (Phi) is 3.87. The smallest absolute Gasteiger partial charge is 0.410 e. The van der Waals surface area contributed by atoms with Crippen molar-refractivity contribution in [3.05, 3.63) is 33.8 Å². The van der Waals surface area contributed by atoms with Crippen molar-refractivity contribution < 1.29 is 14.6 Å². The lowest BCUT2D eigenvalue weighted by Crippen LogP contribution is -2.41. The quantitative estimate of drug-likeness (QED) is 0.795. The van der Waals surface area contributed by atoms with Crippen molar-refractivity contribution in [1.82, 2.24) is 4.90 Å². The first kappa shape index (κ1) is 14.3. The summed E-state index contributed by atoms with van der Waals surface area (Å²) in [6.45, 7) is 6.19. The van der Waals surface area contributed by atoms with Crippen LogP contribution in [0.1, 0.15) is 38.0 Å². The van der Waals surface area contributed by atoms with E-state index < -0.39 is 17.8 Å². The number of hydrogen-bond donors (Lipinski definition) is 1. The number of amides is 1. The molecule has 0 saturated carbocycles. The summed E-state index contributed by atoms with van der Waals surface area (Å²) in [6, 6.07) is 5.68. The van der Waals surface area contributed by atoms with Gasteiger partial charge in [0.05, 0.1) is 19.2 Å².